The van der Waals surface area contributed by atoms with Crippen LogP contribution in [0.3, 0.4) is 0 Å². The summed E-state index contributed by atoms with van der Waals surface area (Å²) in [7, 11) is 0. The van der Waals surface area contributed by atoms with Crippen LogP contribution in [-0.2, 0) is 4.74 Å². The molecule has 2 atom stereocenters. The summed E-state index contributed by atoms with van der Waals surface area (Å²) in [5, 5.41) is 2.97. The van der Waals surface area contributed by atoms with Crippen LogP contribution in [-0.4, -0.2) is 32.3 Å². The van der Waals surface area contributed by atoms with E-state index in [9.17, 15) is 0 Å². The van der Waals surface area contributed by atoms with Crippen molar-refractivity contribution < 1.29 is 4.74 Å². The Labute approximate surface area is 91.6 Å². The highest BCUT2D eigenvalue weighted by Gasteiger charge is 2.21. The monoisotopic (exact) mass is 211 g/mol. The zero-order valence-electron chi connectivity index (χ0n) is 9.41. The van der Waals surface area contributed by atoms with E-state index in [1.54, 1.807) is 6.08 Å². The second-order valence-corrected chi connectivity index (χ2v) is 4.00. The van der Waals surface area contributed by atoms with E-state index in [4.69, 9.17) is 10.5 Å². The molecule has 4 nitrogen and oxygen atoms in total. The molecule has 1 aliphatic rings. The Morgan fingerprint density at radius 1 is 1.73 bits per heavy atom. The number of guanidine groups is 1. The van der Waals surface area contributed by atoms with Crippen molar-refractivity contribution in [3.05, 3.63) is 12.7 Å². The lowest BCUT2D eigenvalue weighted by atomic mass is 9.90. The van der Waals surface area contributed by atoms with Crippen LogP contribution in [0.2, 0.25) is 0 Å². The number of aliphatic imine (C=N–C) groups is 1. The normalized spacial score (nSPS) is 27.4. The Bertz CT molecular complexity index is 228. The SMILES string of the molecule is C=CCNC(N)=NCC1CCOCC1C. The molecule has 0 bridgehead atoms. The fourth-order valence-corrected chi connectivity index (χ4v) is 1.64. The molecule has 2 unspecified atom stereocenters. The first-order valence-corrected chi connectivity index (χ1v) is 5.46. The Morgan fingerprint density at radius 3 is 3.20 bits per heavy atom. The molecule has 0 aromatic heterocycles. The van der Waals surface area contributed by atoms with Crippen molar-refractivity contribution >= 4 is 5.96 Å². The Kier molecular flexibility index (Phi) is 5.18. The van der Waals surface area contributed by atoms with Gasteiger partial charge in [0.25, 0.3) is 0 Å². The molecule has 4 heteroatoms. The van der Waals surface area contributed by atoms with Crippen LogP contribution >= 0.6 is 0 Å². The lowest BCUT2D eigenvalue weighted by Gasteiger charge is -2.27. The molecule has 0 aliphatic carbocycles. The molecule has 1 heterocycles. The summed E-state index contributed by atoms with van der Waals surface area (Å²) in [5.41, 5.74) is 5.68. The third-order valence-electron chi connectivity index (χ3n) is 2.74. The van der Waals surface area contributed by atoms with Crippen LogP contribution < -0.4 is 11.1 Å². The minimum absolute atomic E-state index is 0.508. The lowest BCUT2D eigenvalue weighted by Crippen LogP contribution is -2.33. The molecule has 1 aliphatic heterocycles. The van der Waals surface area contributed by atoms with Crippen molar-refractivity contribution in [1.82, 2.24) is 5.32 Å². The highest BCUT2D eigenvalue weighted by atomic mass is 16.5. The summed E-state index contributed by atoms with van der Waals surface area (Å²) >= 11 is 0. The van der Waals surface area contributed by atoms with Crippen molar-refractivity contribution in [2.24, 2.45) is 22.6 Å². The first-order chi connectivity index (χ1) is 7.24. The second kappa shape index (κ2) is 6.45. The average molecular weight is 211 g/mol. The van der Waals surface area contributed by atoms with Gasteiger partial charge in [-0.1, -0.05) is 13.0 Å². The number of nitrogens with zero attached hydrogens (tertiary/aromatic N) is 1. The molecule has 1 rings (SSSR count). The highest BCUT2D eigenvalue weighted by molar-refractivity contribution is 5.77. The maximum atomic E-state index is 5.68. The van der Waals surface area contributed by atoms with E-state index in [1.165, 1.54) is 0 Å². The van der Waals surface area contributed by atoms with Crippen LogP contribution in [0.4, 0.5) is 0 Å². The number of nitrogens with two attached hydrogens (primary N) is 1. The third kappa shape index (κ3) is 4.34. The fourth-order valence-electron chi connectivity index (χ4n) is 1.64. The van der Waals surface area contributed by atoms with Gasteiger partial charge in [0, 0.05) is 26.3 Å². The smallest absolute Gasteiger partial charge is 0.188 e. The highest BCUT2D eigenvalue weighted by Crippen LogP contribution is 2.21. The third-order valence-corrected chi connectivity index (χ3v) is 2.74. The first kappa shape index (κ1) is 12.0. The van der Waals surface area contributed by atoms with Gasteiger partial charge in [0.2, 0.25) is 0 Å². The number of rotatable bonds is 4. The molecule has 1 saturated heterocycles. The van der Waals surface area contributed by atoms with Gasteiger partial charge in [-0.2, -0.15) is 0 Å². The van der Waals surface area contributed by atoms with Gasteiger partial charge < -0.3 is 15.8 Å². The van der Waals surface area contributed by atoms with E-state index < -0.39 is 0 Å². The van der Waals surface area contributed by atoms with E-state index in [1.807, 2.05) is 0 Å². The van der Waals surface area contributed by atoms with Crippen LogP contribution in [0.25, 0.3) is 0 Å². The van der Waals surface area contributed by atoms with Crippen molar-refractivity contribution in [3.63, 3.8) is 0 Å². The van der Waals surface area contributed by atoms with E-state index in [2.05, 4.69) is 23.8 Å². The summed E-state index contributed by atoms with van der Waals surface area (Å²) in [6.07, 6.45) is 2.85. The largest absolute Gasteiger partial charge is 0.381 e. The second-order valence-electron chi connectivity index (χ2n) is 4.00. The van der Waals surface area contributed by atoms with Crippen LogP contribution in [0, 0.1) is 11.8 Å². The zero-order chi connectivity index (χ0) is 11.1. The Hall–Kier alpha value is -1.03. The fraction of sp³-hybridized carbons (Fsp3) is 0.727. The summed E-state index contributed by atoms with van der Waals surface area (Å²) in [5.74, 6) is 1.69. The average Bonchev–Trinajstić information content (AvgIpc) is 2.25. The van der Waals surface area contributed by atoms with Crippen LogP contribution in [0.5, 0.6) is 0 Å². The molecule has 86 valence electrons. The summed E-state index contributed by atoms with van der Waals surface area (Å²) < 4.78 is 5.38. The molecule has 0 saturated carbocycles. The minimum Gasteiger partial charge on any atom is -0.381 e. The molecular formula is C11H21N3O. The maximum absolute atomic E-state index is 5.68. The number of nitrogens with one attached hydrogen (secondary N) is 1. The number of hydrogen-bond donors (Lipinski definition) is 2. The van der Waals surface area contributed by atoms with Crippen LogP contribution in [0.1, 0.15) is 13.3 Å². The Morgan fingerprint density at radius 2 is 2.53 bits per heavy atom. The minimum atomic E-state index is 0.508. The van der Waals surface area contributed by atoms with Gasteiger partial charge in [-0.25, -0.2) is 0 Å². The van der Waals surface area contributed by atoms with Crippen LogP contribution in [0.15, 0.2) is 17.6 Å². The van der Waals surface area contributed by atoms with Crippen molar-refractivity contribution in [2.75, 3.05) is 26.3 Å². The Balaban J connectivity index is 2.30. The van der Waals surface area contributed by atoms with E-state index >= 15 is 0 Å². The van der Waals surface area contributed by atoms with Gasteiger partial charge in [-0.05, 0) is 18.3 Å². The van der Waals surface area contributed by atoms with Crippen molar-refractivity contribution in [3.8, 4) is 0 Å². The first-order valence-electron chi connectivity index (χ1n) is 5.46. The lowest BCUT2D eigenvalue weighted by molar-refractivity contribution is 0.0273. The molecule has 0 radical (unpaired) electrons. The van der Waals surface area contributed by atoms with E-state index in [0.717, 1.165) is 26.2 Å². The van der Waals surface area contributed by atoms with Gasteiger partial charge in [0.1, 0.15) is 0 Å². The number of ether oxygens (including phenoxy) is 1. The molecule has 3 N–H and O–H groups in total. The summed E-state index contributed by atoms with van der Waals surface area (Å²) in [6, 6.07) is 0. The summed E-state index contributed by atoms with van der Waals surface area (Å²) in [4.78, 5) is 4.32. The van der Waals surface area contributed by atoms with Gasteiger partial charge in [0.05, 0.1) is 0 Å². The van der Waals surface area contributed by atoms with Gasteiger partial charge in [-0.3, -0.25) is 4.99 Å². The molecule has 15 heavy (non-hydrogen) atoms. The molecule has 1 fully saturated rings. The molecule has 0 aromatic rings. The molecule has 0 spiro atoms. The molecule has 0 amide bonds. The van der Waals surface area contributed by atoms with Gasteiger partial charge >= 0.3 is 0 Å². The topological polar surface area (TPSA) is 59.6 Å². The van der Waals surface area contributed by atoms with Gasteiger partial charge in [0.15, 0.2) is 5.96 Å². The van der Waals surface area contributed by atoms with E-state index in [-0.39, 0.29) is 0 Å². The summed E-state index contributed by atoms with van der Waals surface area (Å²) in [6.45, 7) is 8.96. The van der Waals surface area contributed by atoms with Gasteiger partial charge in [-0.15, -0.1) is 6.58 Å². The molecule has 0 aromatic carbocycles. The number of hydrogen-bond acceptors (Lipinski definition) is 2. The predicted molar refractivity (Wildman–Crippen MR) is 62.8 cm³/mol. The predicted octanol–water partition coefficient (Wildman–Crippen LogP) is 0.749. The standard InChI is InChI=1S/C11H21N3O/c1-3-5-13-11(12)14-7-10-4-6-15-8-9(10)2/h3,9-10H,1,4-8H2,2H3,(H3,12,13,14). The van der Waals surface area contributed by atoms with Crippen molar-refractivity contribution in [1.29, 1.82) is 0 Å². The maximum Gasteiger partial charge on any atom is 0.188 e. The van der Waals surface area contributed by atoms with Crippen molar-refractivity contribution in [2.45, 2.75) is 13.3 Å². The molecular weight excluding hydrogens is 190 g/mol. The zero-order valence-corrected chi connectivity index (χ0v) is 9.41. The van der Waals surface area contributed by atoms with E-state index in [0.29, 0.717) is 24.3 Å². The quantitative estimate of drug-likeness (QED) is 0.410.